The molecule has 15 heavy (non-hydrogen) atoms. The fourth-order valence-electron chi connectivity index (χ4n) is 1.27. The van der Waals surface area contributed by atoms with Gasteiger partial charge in [0.1, 0.15) is 6.42 Å². The standard InChI is InChI=1S/C12H13NO2/c1-8-6-10(4-3-5-11(14)15)7-9(2)12(8)13/h6-7H,5,13H2,1-2H3,(H,14,15). The van der Waals surface area contributed by atoms with Gasteiger partial charge in [0.2, 0.25) is 0 Å². The Hall–Kier alpha value is -1.95. The highest BCUT2D eigenvalue weighted by Gasteiger charge is 1.99. The van der Waals surface area contributed by atoms with Gasteiger partial charge in [-0.25, -0.2) is 0 Å². The third-order valence-corrected chi connectivity index (χ3v) is 2.07. The molecule has 3 nitrogen and oxygen atoms in total. The lowest BCUT2D eigenvalue weighted by atomic mass is 10.0. The zero-order valence-electron chi connectivity index (χ0n) is 8.79. The molecule has 0 aromatic heterocycles. The first-order chi connectivity index (χ1) is 7.00. The Bertz CT molecular complexity index is 429. The van der Waals surface area contributed by atoms with Crippen LogP contribution >= 0.6 is 0 Å². The molecular formula is C12H13NO2. The molecule has 3 N–H and O–H groups in total. The van der Waals surface area contributed by atoms with Gasteiger partial charge in [-0.1, -0.05) is 11.8 Å². The number of nitrogen functional groups attached to an aromatic ring is 1. The molecule has 0 bridgehead atoms. The van der Waals surface area contributed by atoms with E-state index in [1.807, 2.05) is 26.0 Å². The van der Waals surface area contributed by atoms with E-state index >= 15 is 0 Å². The number of carboxylic acid groups (broad SMARTS) is 1. The number of nitrogens with two attached hydrogens (primary N) is 1. The van der Waals surface area contributed by atoms with Gasteiger partial charge in [0.15, 0.2) is 0 Å². The fourth-order valence-corrected chi connectivity index (χ4v) is 1.27. The van der Waals surface area contributed by atoms with Gasteiger partial charge in [-0.3, -0.25) is 4.79 Å². The molecule has 0 amide bonds. The Morgan fingerprint density at radius 1 is 1.40 bits per heavy atom. The Morgan fingerprint density at radius 2 is 1.93 bits per heavy atom. The van der Waals surface area contributed by atoms with E-state index in [0.29, 0.717) is 0 Å². The second-order valence-electron chi connectivity index (χ2n) is 3.40. The summed E-state index contributed by atoms with van der Waals surface area (Å²) < 4.78 is 0. The summed E-state index contributed by atoms with van der Waals surface area (Å²) in [7, 11) is 0. The van der Waals surface area contributed by atoms with Crippen molar-refractivity contribution in [3.8, 4) is 11.8 Å². The first kappa shape index (κ1) is 11.1. The van der Waals surface area contributed by atoms with Gasteiger partial charge >= 0.3 is 5.97 Å². The maximum absolute atomic E-state index is 10.3. The van der Waals surface area contributed by atoms with Crippen LogP contribution < -0.4 is 5.73 Å². The predicted molar refractivity (Wildman–Crippen MR) is 59.5 cm³/mol. The smallest absolute Gasteiger partial charge is 0.315 e. The summed E-state index contributed by atoms with van der Waals surface area (Å²) >= 11 is 0. The fraction of sp³-hybridized carbons (Fsp3) is 0.250. The second kappa shape index (κ2) is 4.52. The van der Waals surface area contributed by atoms with Crippen molar-refractivity contribution in [1.29, 1.82) is 0 Å². The molecule has 0 unspecified atom stereocenters. The Morgan fingerprint density at radius 3 is 2.40 bits per heavy atom. The van der Waals surface area contributed by atoms with Crippen LogP contribution in [0.5, 0.6) is 0 Å². The lowest BCUT2D eigenvalue weighted by molar-refractivity contribution is -0.135. The number of aryl methyl sites for hydroxylation is 2. The van der Waals surface area contributed by atoms with Crippen molar-refractivity contribution in [3.63, 3.8) is 0 Å². The van der Waals surface area contributed by atoms with Crippen LogP contribution in [0.1, 0.15) is 23.1 Å². The maximum Gasteiger partial charge on any atom is 0.315 e. The number of hydrogen-bond donors (Lipinski definition) is 2. The van der Waals surface area contributed by atoms with Gasteiger partial charge in [-0.05, 0) is 37.1 Å². The molecule has 0 spiro atoms. The number of benzene rings is 1. The van der Waals surface area contributed by atoms with Crippen LogP contribution in [0.15, 0.2) is 12.1 Å². The lowest BCUT2D eigenvalue weighted by Crippen LogP contribution is -1.94. The van der Waals surface area contributed by atoms with E-state index in [2.05, 4.69) is 11.8 Å². The molecule has 0 heterocycles. The molecular weight excluding hydrogens is 190 g/mol. The van der Waals surface area contributed by atoms with Gasteiger partial charge in [0, 0.05) is 11.3 Å². The SMILES string of the molecule is Cc1cc(C#CCC(=O)O)cc(C)c1N. The lowest BCUT2D eigenvalue weighted by Gasteiger charge is -2.04. The minimum absolute atomic E-state index is 0.136. The molecule has 0 saturated heterocycles. The number of rotatable bonds is 1. The van der Waals surface area contributed by atoms with E-state index in [4.69, 9.17) is 10.8 Å². The van der Waals surface area contributed by atoms with Crippen molar-refractivity contribution in [2.45, 2.75) is 20.3 Å². The third-order valence-electron chi connectivity index (χ3n) is 2.07. The van der Waals surface area contributed by atoms with Crippen LogP contribution in [0, 0.1) is 25.7 Å². The molecule has 1 rings (SSSR count). The van der Waals surface area contributed by atoms with Gasteiger partial charge < -0.3 is 10.8 Å². The molecule has 0 saturated carbocycles. The maximum atomic E-state index is 10.3. The summed E-state index contributed by atoms with van der Waals surface area (Å²) in [6.07, 6.45) is -0.136. The first-order valence-corrected chi connectivity index (χ1v) is 4.58. The van der Waals surface area contributed by atoms with Crippen molar-refractivity contribution >= 4 is 11.7 Å². The van der Waals surface area contributed by atoms with E-state index in [9.17, 15) is 4.79 Å². The van der Waals surface area contributed by atoms with Crippen molar-refractivity contribution in [2.75, 3.05) is 5.73 Å². The molecule has 0 aliphatic rings. The average Bonchev–Trinajstić information content (AvgIpc) is 2.13. The highest BCUT2D eigenvalue weighted by molar-refractivity contribution is 5.70. The highest BCUT2D eigenvalue weighted by Crippen LogP contribution is 2.17. The monoisotopic (exact) mass is 203 g/mol. The summed E-state index contributed by atoms with van der Waals surface area (Å²) in [4.78, 5) is 10.3. The minimum Gasteiger partial charge on any atom is -0.481 e. The minimum atomic E-state index is -0.911. The quantitative estimate of drug-likeness (QED) is 0.539. The number of carbonyl (C=O) groups is 1. The number of carboxylic acids is 1. The van der Waals surface area contributed by atoms with E-state index in [-0.39, 0.29) is 6.42 Å². The molecule has 0 radical (unpaired) electrons. The van der Waals surface area contributed by atoms with Crippen LogP contribution in [0.2, 0.25) is 0 Å². The Balaban J connectivity index is 2.95. The van der Waals surface area contributed by atoms with Gasteiger partial charge in [-0.15, -0.1) is 0 Å². The normalized spacial score (nSPS) is 9.20. The van der Waals surface area contributed by atoms with E-state index in [1.165, 1.54) is 0 Å². The first-order valence-electron chi connectivity index (χ1n) is 4.58. The van der Waals surface area contributed by atoms with Crippen LogP contribution in [0.4, 0.5) is 5.69 Å². The van der Waals surface area contributed by atoms with Crippen LogP contribution in [-0.4, -0.2) is 11.1 Å². The molecule has 1 aromatic rings. The van der Waals surface area contributed by atoms with Crippen LogP contribution in [-0.2, 0) is 4.79 Å². The molecule has 0 fully saturated rings. The zero-order valence-corrected chi connectivity index (χ0v) is 8.79. The number of aliphatic carboxylic acids is 1. The Labute approximate surface area is 88.9 Å². The summed E-state index contributed by atoms with van der Waals surface area (Å²) in [6, 6.07) is 3.72. The second-order valence-corrected chi connectivity index (χ2v) is 3.40. The van der Waals surface area contributed by atoms with E-state index < -0.39 is 5.97 Å². The van der Waals surface area contributed by atoms with Gasteiger partial charge in [0.05, 0.1) is 0 Å². The summed E-state index contributed by atoms with van der Waals surface area (Å²) in [6.45, 7) is 3.81. The van der Waals surface area contributed by atoms with Crippen molar-refractivity contribution in [2.24, 2.45) is 0 Å². The molecule has 0 aliphatic carbocycles. The molecule has 78 valence electrons. The molecule has 1 aromatic carbocycles. The average molecular weight is 203 g/mol. The molecule has 0 aliphatic heterocycles. The van der Waals surface area contributed by atoms with Crippen molar-refractivity contribution in [3.05, 3.63) is 28.8 Å². The van der Waals surface area contributed by atoms with Crippen LogP contribution in [0.3, 0.4) is 0 Å². The third kappa shape index (κ3) is 3.03. The van der Waals surface area contributed by atoms with E-state index in [0.717, 1.165) is 22.4 Å². The van der Waals surface area contributed by atoms with Crippen molar-refractivity contribution < 1.29 is 9.90 Å². The molecule has 3 heteroatoms. The number of hydrogen-bond acceptors (Lipinski definition) is 2. The number of anilines is 1. The van der Waals surface area contributed by atoms with Crippen LogP contribution in [0.25, 0.3) is 0 Å². The van der Waals surface area contributed by atoms with Gasteiger partial charge in [0.25, 0.3) is 0 Å². The predicted octanol–water partition coefficient (Wildman–Crippen LogP) is 1.71. The summed E-state index contributed by atoms with van der Waals surface area (Å²) in [5.74, 6) is 4.47. The topological polar surface area (TPSA) is 63.3 Å². The van der Waals surface area contributed by atoms with E-state index in [1.54, 1.807) is 0 Å². The largest absolute Gasteiger partial charge is 0.481 e. The highest BCUT2D eigenvalue weighted by atomic mass is 16.4. The summed E-state index contributed by atoms with van der Waals surface area (Å²) in [5.41, 5.74) is 9.29. The van der Waals surface area contributed by atoms with Crippen molar-refractivity contribution in [1.82, 2.24) is 0 Å². The molecule has 0 atom stereocenters. The zero-order chi connectivity index (χ0) is 11.4. The van der Waals surface area contributed by atoms with Gasteiger partial charge in [-0.2, -0.15) is 0 Å². The summed E-state index contributed by atoms with van der Waals surface area (Å²) in [5, 5.41) is 8.42. The Kier molecular flexibility index (Phi) is 3.35.